The Hall–Kier alpha value is -1.26. The number of nitrogens with one attached hydrogen (secondary N) is 2. The first-order valence-electron chi connectivity index (χ1n) is 5.88. The molecule has 1 aromatic carbocycles. The Morgan fingerprint density at radius 2 is 2.22 bits per heavy atom. The molecule has 4 nitrogen and oxygen atoms in total. The second-order valence-corrected chi connectivity index (χ2v) is 5.80. The minimum Gasteiger partial charge on any atom is -0.396 e. The summed E-state index contributed by atoms with van der Waals surface area (Å²) < 4.78 is 0. The number of amides is 1. The van der Waals surface area contributed by atoms with E-state index in [4.69, 9.17) is 11.6 Å². The van der Waals surface area contributed by atoms with Gasteiger partial charge >= 0.3 is 0 Å². The molecule has 0 radical (unpaired) electrons. The van der Waals surface area contributed by atoms with Crippen LogP contribution in [0, 0.1) is 5.41 Å². The number of aliphatic hydroxyl groups is 1. The highest BCUT2D eigenvalue weighted by Gasteiger charge is 2.21. The fraction of sp³-hybridized carbons (Fsp3) is 0.462. The molecule has 5 heteroatoms. The van der Waals surface area contributed by atoms with Crippen molar-refractivity contribution in [3.8, 4) is 0 Å². The molecule has 1 amide bonds. The molecule has 0 aliphatic carbocycles. The number of carbonyl (C=O) groups excluding carboxylic acids is 1. The van der Waals surface area contributed by atoms with Gasteiger partial charge in [-0.15, -0.1) is 0 Å². The number of rotatable bonds is 4. The highest BCUT2D eigenvalue weighted by molar-refractivity contribution is 6.33. The molecule has 2 rings (SSSR count). The molecule has 0 saturated carbocycles. The van der Waals surface area contributed by atoms with E-state index in [0.29, 0.717) is 18.0 Å². The molecule has 0 unspecified atom stereocenters. The number of fused-ring (bicyclic) bond motifs is 1. The maximum atomic E-state index is 11.3. The lowest BCUT2D eigenvalue weighted by atomic mass is 9.95. The normalized spacial score (nSPS) is 14.3. The van der Waals surface area contributed by atoms with Crippen LogP contribution in [-0.2, 0) is 11.2 Å². The van der Waals surface area contributed by atoms with E-state index in [-0.39, 0.29) is 17.9 Å². The van der Waals surface area contributed by atoms with Crippen LogP contribution in [0.5, 0.6) is 0 Å². The van der Waals surface area contributed by atoms with Gasteiger partial charge in [0.05, 0.1) is 17.1 Å². The summed E-state index contributed by atoms with van der Waals surface area (Å²) in [7, 11) is 0. The van der Waals surface area contributed by atoms with Crippen molar-refractivity contribution in [2.24, 2.45) is 5.41 Å². The Morgan fingerprint density at radius 1 is 1.50 bits per heavy atom. The zero-order chi connectivity index (χ0) is 13.3. The van der Waals surface area contributed by atoms with E-state index in [1.54, 1.807) is 6.07 Å². The van der Waals surface area contributed by atoms with Gasteiger partial charge in [0.1, 0.15) is 0 Å². The van der Waals surface area contributed by atoms with Gasteiger partial charge in [0.25, 0.3) is 0 Å². The molecular formula is C13H17ClN2O2. The number of anilines is 2. The van der Waals surface area contributed by atoms with E-state index in [1.165, 1.54) is 0 Å². The molecular weight excluding hydrogens is 252 g/mol. The summed E-state index contributed by atoms with van der Waals surface area (Å²) in [6, 6.07) is 3.65. The maximum absolute atomic E-state index is 11.3. The first-order valence-corrected chi connectivity index (χ1v) is 6.26. The summed E-state index contributed by atoms with van der Waals surface area (Å²) in [5.74, 6) is -0.00564. The third-order valence-corrected chi connectivity index (χ3v) is 3.32. The van der Waals surface area contributed by atoms with Gasteiger partial charge in [0.15, 0.2) is 0 Å². The van der Waals surface area contributed by atoms with E-state index in [2.05, 4.69) is 10.6 Å². The predicted octanol–water partition coefficient (Wildman–Crippen LogP) is 2.26. The molecule has 1 aromatic rings. The van der Waals surface area contributed by atoms with Gasteiger partial charge in [0.2, 0.25) is 5.91 Å². The second kappa shape index (κ2) is 4.78. The summed E-state index contributed by atoms with van der Waals surface area (Å²) in [5.41, 5.74) is 2.33. The van der Waals surface area contributed by atoms with Gasteiger partial charge in [-0.3, -0.25) is 4.79 Å². The van der Waals surface area contributed by atoms with Crippen LogP contribution in [0.4, 0.5) is 11.4 Å². The van der Waals surface area contributed by atoms with Gasteiger partial charge in [-0.25, -0.2) is 0 Å². The SMILES string of the molecule is CC(C)(CO)CNc1cc2c(cc1Cl)NC(=O)C2. The predicted molar refractivity (Wildman–Crippen MR) is 73.1 cm³/mol. The monoisotopic (exact) mass is 268 g/mol. The van der Waals surface area contributed by atoms with Crippen LogP contribution >= 0.6 is 11.6 Å². The zero-order valence-electron chi connectivity index (χ0n) is 10.5. The quantitative estimate of drug-likeness (QED) is 0.785. The number of hydrogen-bond acceptors (Lipinski definition) is 3. The van der Waals surface area contributed by atoms with E-state index < -0.39 is 0 Å². The van der Waals surface area contributed by atoms with Crippen LogP contribution < -0.4 is 10.6 Å². The summed E-state index contributed by atoms with van der Waals surface area (Å²) >= 11 is 6.15. The average molecular weight is 269 g/mol. The number of halogens is 1. The van der Waals surface area contributed by atoms with Crippen molar-refractivity contribution in [3.63, 3.8) is 0 Å². The molecule has 0 spiro atoms. The molecule has 0 aromatic heterocycles. The third kappa shape index (κ3) is 2.76. The van der Waals surface area contributed by atoms with E-state index in [0.717, 1.165) is 16.9 Å². The maximum Gasteiger partial charge on any atom is 0.228 e. The molecule has 0 saturated heterocycles. The first-order chi connectivity index (χ1) is 8.41. The van der Waals surface area contributed by atoms with Crippen LogP contribution in [0.3, 0.4) is 0 Å². The van der Waals surface area contributed by atoms with Crippen LogP contribution in [0.1, 0.15) is 19.4 Å². The van der Waals surface area contributed by atoms with Crippen molar-refractivity contribution in [2.75, 3.05) is 23.8 Å². The molecule has 18 heavy (non-hydrogen) atoms. The fourth-order valence-corrected chi connectivity index (χ4v) is 2.00. The number of hydrogen-bond donors (Lipinski definition) is 3. The van der Waals surface area contributed by atoms with E-state index >= 15 is 0 Å². The Bertz CT molecular complexity index is 486. The summed E-state index contributed by atoms with van der Waals surface area (Å²) in [5, 5.41) is 15.8. The number of aliphatic hydroxyl groups excluding tert-OH is 1. The van der Waals surface area contributed by atoms with Crippen LogP contribution in [0.2, 0.25) is 5.02 Å². The topological polar surface area (TPSA) is 61.4 Å². The number of benzene rings is 1. The Labute approximate surface area is 111 Å². The van der Waals surface area contributed by atoms with Crippen molar-refractivity contribution < 1.29 is 9.90 Å². The minimum atomic E-state index is -0.212. The van der Waals surface area contributed by atoms with Crippen molar-refractivity contribution in [3.05, 3.63) is 22.7 Å². The first kappa shape index (κ1) is 13.2. The Kier molecular flexibility index (Phi) is 3.50. The summed E-state index contributed by atoms with van der Waals surface area (Å²) in [6.45, 7) is 4.64. The van der Waals surface area contributed by atoms with Crippen LogP contribution in [0.15, 0.2) is 12.1 Å². The van der Waals surface area contributed by atoms with Crippen LogP contribution in [-0.4, -0.2) is 24.2 Å². The van der Waals surface area contributed by atoms with Gasteiger partial charge < -0.3 is 15.7 Å². The van der Waals surface area contributed by atoms with E-state index in [9.17, 15) is 9.90 Å². The Morgan fingerprint density at radius 3 is 2.89 bits per heavy atom. The van der Waals surface area contributed by atoms with Gasteiger partial charge in [-0.1, -0.05) is 25.4 Å². The van der Waals surface area contributed by atoms with E-state index in [1.807, 2.05) is 19.9 Å². The second-order valence-electron chi connectivity index (χ2n) is 5.39. The molecule has 0 bridgehead atoms. The van der Waals surface area contributed by atoms with Crippen molar-refractivity contribution in [1.82, 2.24) is 0 Å². The lowest BCUT2D eigenvalue weighted by molar-refractivity contribution is -0.115. The molecule has 0 atom stereocenters. The zero-order valence-corrected chi connectivity index (χ0v) is 11.3. The summed E-state index contributed by atoms with van der Waals surface area (Å²) in [4.78, 5) is 11.3. The van der Waals surface area contributed by atoms with Gasteiger partial charge in [0, 0.05) is 24.3 Å². The molecule has 1 heterocycles. The molecule has 98 valence electrons. The van der Waals surface area contributed by atoms with Gasteiger partial charge in [-0.2, -0.15) is 0 Å². The van der Waals surface area contributed by atoms with Crippen molar-refractivity contribution in [2.45, 2.75) is 20.3 Å². The molecule has 1 aliphatic rings. The largest absolute Gasteiger partial charge is 0.396 e. The Balaban J connectivity index is 2.15. The number of carbonyl (C=O) groups is 1. The minimum absolute atomic E-state index is 0.00564. The average Bonchev–Trinajstić information content (AvgIpc) is 2.65. The van der Waals surface area contributed by atoms with Crippen molar-refractivity contribution >= 4 is 28.9 Å². The standard InChI is InChI=1S/C13H17ClN2O2/c1-13(2,7-17)6-15-11-3-8-4-12(18)16-10(8)5-9(11)14/h3,5,15,17H,4,6-7H2,1-2H3,(H,16,18). The van der Waals surface area contributed by atoms with Crippen molar-refractivity contribution in [1.29, 1.82) is 0 Å². The van der Waals surface area contributed by atoms with Gasteiger partial charge in [-0.05, 0) is 17.7 Å². The lowest BCUT2D eigenvalue weighted by Crippen LogP contribution is -2.26. The van der Waals surface area contributed by atoms with Crippen LogP contribution in [0.25, 0.3) is 0 Å². The molecule has 3 N–H and O–H groups in total. The third-order valence-electron chi connectivity index (χ3n) is 3.00. The highest BCUT2D eigenvalue weighted by Crippen LogP contribution is 2.33. The molecule has 0 fully saturated rings. The fourth-order valence-electron chi connectivity index (χ4n) is 1.77. The highest BCUT2D eigenvalue weighted by atomic mass is 35.5. The molecule has 1 aliphatic heterocycles. The lowest BCUT2D eigenvalue weighted by Gasteiger charge is -2.23. The summed E-state index contributed by atoms with van der Waals surface area (Å²) in [6.07, 6.45) is 0.393. The smallest absolute Gasteiger partial charge is 0.228 e.